The molecular weight excluding hydrogens is 346 g/mol. The fourth-order valence-electron chi connectivity index (χ4n) is 3.24. The summed E-state index contributed by atoms with van der Waals surface area (Å²) in [5.41, 5.74) is 2.71. The van der Waals surface area contributed by atoms with Crippen LogP contribution in [0.25, 0.3) is 0 Å². The summed E-state index contributed by atoms with van der Waals surface area (Å²) >= 11 is 1.53. The van der Waals surface area contributed by atoms with Crippen LogP contribution in [-0.4, -0.2) is 36.5 Å². The molecule has 1 saturated heterocycles. The number of rotatable bonds is 5. The molecule has 26 heavy (non-hydrogen) atoms. The molecule has 0 bridgehead atoms. The van der Waals surface area contributed by atoms with Crippen LogP contribution in [0.4, 0.5) is 10.5 Å². The quantitative estimate of drug-likeness (QED) is 0.830. The Morgan fingerprint density at radius 1 is 1.23 bits per heavy atom. The number of piperidine rings is 1. The van der Waals surface area contributed by atoms with Crippen LogP contribution in [-0.2, 0) is 0 Å². The number of anilines is 1. The van der Waals surface area contributed by atoms with Gasteiger partial charge in [-0.3, -0.25) is 4.79 Å². The van der Waals surface area contributed by atoms with E-state index < -0.39 is 0 Å². The van der Waals surface area contributed by atoms with Gasteiger partial charge in [-0.15, -0.1) is 0 Å². The van der Waals surface area contributed by atoms with E-state index in [4.69, 9.17) is 0 Å². The number of aryl methyl sites for hydroxylation is 1. The van der Waals surface area contributed by atoms with Crippen LogP contribution in [0, 0.1) is 12.8 Å². The van der Waals surface area contributed by atoms with E-state index in [1.807, 2.05) is 52.9 Å². The highest BCUT2D eigenvalue weighted by atomic mass is 32.1. The Bertz CT molecular complexity index is 737. The van der Waals surface area contributed by atoms with E-state index >= 15 is 0 Å². The summed E-state index contributed by atoms with van der Waals surface area (Å²) in [6.07, 6.45) is 2.92. The third-order valence-corrected chi connectivity index (χ3v) is 5.48. The van der Waals surface area contributed by atoms with Crippen LogP contribution >= 0.6 is 11.3 Å². The van der Waals surface area contributed by atoms with Crippen molar-refractivity contribution in [2.24, 2.45) is 5.92 Å². The molecule has 1 aliphatic rings. The van der Waals surface area contributed by atoms with Gasteiger partial charge < -0.3 is 15.5 Å². The Balaban J connectivity index is 1.37. The number of nitrogens with zero attached hydrogens (tertiary/aromatic N) is 1. The van der Waals surface area contributed by atoms with Crippen molar-refractivity contribution in [1.29, 1.82) is 0 Å². The number of amides is 3. The molecule has 1 aromatic heterocycles. The second kappa shape index (κ2) is 8.85. The van der Waals surface area contributed by atoms with Crippen molar-refractivity contribution in [1.82, 2.24) is 10.2 Å². The van der Waals surface area contributed by atoms with E-state index in [0.29, 0.717) is 12.5 Å². The molecule has 2 aromatic rings. The van der Waals surface area contributed by atoms with E-state index in [9.17, 15) is 9.59 Å². The molecule has 3 rings (SSSR count). The third kappa shape index (κ3) is 5.08. The predicted molar refractivity (Wildman–Crippen MR) is 106 cm³/mol. The molecule has 1 aliphatic heterocycles. The Hall–Kier alpha value is -2.34. The number of carbonyl (C=O) groups is 2. The number of thiophene rings is 1. The lowest BCUT2D eigenvalue weighted by molar-refractivity contribution is 0.0950. The summed E-state index contributed by atoms with van der Waals surface area (Å²) in [5.74, 6) is 0.557. The van der Waals surface area contributed by atoms with Crippen molar-refractivity contribution in [2.45, 2.75) is 26.2 Å². The lowest BCUT2D eigenvalue weighted by atomic mass is 9.93. The fourth-order valence-corrected chi connectivity index (χ4v) is 3.87. The van der Waals surface area contributed by atoms with Gasteiger partial charge in [-0.2, -0.15) is 11.3 Å². The Kier molecular flexibility index (Phi) is 6.28. The van der Waals surface area contributed by atoms with Gasteiger partial charge in [0.2, 0.25) is 0 Å². The molecule has 0 saturated carbocycles. The molecule has 1 aromatic carbocycles. The van der Waals surface area contributed by atoms with Gasteiger partial charge >= 0.3 is 6.03 Å². The molecule has 2 N–H and O–H groups in total. The zero-order valence-electron chi connectivity index (χ0n) is 15.0. The first-order valence-electron chi connectivity index (χ1n) is 9.05. The average molecular weight is 372 g/mol. The summed E-state index contributed by atoms with van der Waals surface area (Å²) in [4.78, 5) is 26.2. The standard InChI is InChI=1S/C20H25N3O2S/c1-15-3-2-4-18(13-15)22-20(25)23-10-6-16(7-11-23)5-9-21-19(24)17-8-12-26-14-17/h2-4,8,12-14,16H,5-7,9-11H2,1H3,(H,21,24)(H,22,25). The largest absolute Gasteiger partial charge is 0.352 e. The van der Waals surface area contributed by atoms with E-state index in [0.717, 1.165) is 49.2 Å². The SMILES string of the molecule is Cc1cccc(NC(=O)N2CCC(CCNC(=O)c3ccsc3)CC2)c1. The molecule has 6 heteroatoms. The van der Waals surface area contributed by atoms with Gasteiger partial charge in [-0.05, 0) is 61.2 Å². The van der Waals surface area contributed by atoms with Crippen molar-refractivity contribution in [3.05, 3.63) is 52.2 Å². The van der Waals surface area contributed by atoms with Crippen LogP contribution in [0.5, 0.6) is 0 Å². The molecule has 0 aliphatic carbocycles. The monoisotopic (exact) mass is 371 g/mol. The molecule has 5 nitrogen and oxygen atoms in total. The molecule has 0 atom stereocenters. The lowest BCUT2D eigenvalue weighted by Gasteiger charge is -2.32. The number of nitrogens with one attached hydrogen (secondary N) is 2. The molecule has 0 unspecified atom stereocenters. The first kappa shape index (κ1) is 18.5. The summed E-state index contributed by atoms with van der Waals surface area (Å²) in [6, 6.07) is 9.65. The van der Waals surface area contributed by atoms with Gasteiger partial charge in [0.05, 0.1) is 0 Å². The summed E-state index contributed by atoms with van der Waals surface area (Å²) in [6.45, 7) is 4.23. The number of urea groups is 1. The zero-order valence-corrected chi connectivity index (χ0v) is 15.8. The third-order valence-electron chi connectivity index (χ3n) is 4.79. The van der Waals surface area contributed by atoms with Crippen molar-refractivity contribution in [2.75, 3.05) is 25.0 Å². The first-order valence-corrected chi connectivity index (χ1v) is 9.99. The van der Waals surface area contributed by atoms with Crippen LogP contribution in [0.1, 0.15) is 35.2 Å². The summed E-state index contributed by atoms with van der Waals surface area (Å²) in [5, 5.41) is 9.72. The number of carbonyl (C=O) groups excluding carboxylic acids is 2. The molecule has 1 fully saturated rings. The van der Waals surface area contributed by atoms with Crippen LogP contribution in [0.15, 0.2) is 41.1 Å². The number of hydrogen-bond donors (Lipinski definition) is 2. The van der Waals surface area contributed by atoms with E-state index in [2.05, 4.69) is 10.6 Å². The van der Waals surface area contributed by atoms with E-state index in [1.54, 1.807) is 0 Å². The van der Waals surface area contributed by atoms with Crippen molar-refractivity contribution in [3.63, 3.8) is 0 Å². The van der Waals surface area contributed by atoms with Gasteiger partial charge in [0.1, 0.15) is 0 Å². The van der Waals surface area contributed by atoms with E-state index in [1.165, 1.54) is 11.3 Å². The topological polar surface area (TPSA) is 61.4 Å². The highest BCUT2D eigenvalue weighted by Gasteiger charge is 2.22. The van der Waals surface area contributed by atoms with Crippen molar-refractivity contribution < 1.29 is 9.59 Å². The highest BCUT2D eigenvalue weighted by molar-refractivity contribution is 7.08. The molecule has 138 valence electrons. The molecular formula is C20H25N3O2S. The van der Waals surface area contributed by atoms with Crippen LogP contribution in [0.2, 0.25) is 0 Å². The maximum Gasteiger partial charge on any atom is 0.321 e. The zero-order chi connectivity index (χ0) is 18.4. The van der Waals surface area contributed by atoms with Gasteiger partial charge in [0.15, 0.2) is 0 Å². The van der Waals surface area contributed by atoms with Crippen LogP contribution < -0.4 is 10.6 Å². The lowest BCUT2D eigenvalue weighted by Crippen LogP contribution is -2.41. The maximum atomic E-state index is 12.4. The number of hydrogen-bond acceptors (Lipinski definition) is 3. The Morgan fingerprint density at radius 2 is 2.04 bits per heavy atom. The minimum absolute atomic E-state index is 0.00113. The Labute approximate surface area is 158 Å². The van der Waals surface area contributed by atoms with Gasteiger partial charge in [-0.1, -0.05) is 12.1 Å². The Morgan fingerprint density at radius 3 is 2.73 bits per heavy atom. The average Bonchev–Trinajstić information content (AvgIpc) is 3.17. The molecule has 2 heterocycles. The molecule has 0 spiro atoms. The predicted octanol–water partition coefficient (Wildman–Crippen LogP) is 4.12. The van der Waals surface area contributed by atoms with Crippen molar-refractivity contribution in [3.8, 4) is 0 Å². The number of likely N-dealkylation sites (tertiary alicyclic amines) is 1. The van der Waals surface area contributed by atoms with Gasteiger partial charge in [0, 0.05) is 36.3 Å². The minimum Gasteiger partial charge on any atom is -0.352 e. The second-order valence-corrected chi connectivity index (χ2v) is 7.57. The van der Waals surface area contributed by atoms with Gasteiger partial charge in [-0.25, -0.2) is 4.79 Å². The maximum absolute atomic E-state index is 12.4. The minimum atomic E-state index is -0.0280. The molecule has 0 radical (unpaired) electrons. The highest BCUT2D eigenvalue weighted by Crippen LogP contribution is 2.21. The summed E-state index contributed by atoms with van der Waals surface area (Å²) < 4.78 is 0. The molecule has 3 amide bonds. The smallest absolute Gasteiger partial charge is 0.321 e. The fraction of sp³-hybridized carbons (Fsp3) is 0.400. The van der Waals surface area contributed by atoms with Gasteiger partial charge in [0.25, 0.3) is 5.91 Å². The van der Waals surface area contributed by atoms with Crippen molar-refractivity contribution >= 4 is 29.0 Å². The normalized spacial score (nSPS) is 14.9. The number of benzene rings is 1. The summed E-state index contributed by atoms with van der Waals surface area (Å²) in [7, 11) is 0. The van der Waals surface area contributed by atoms with Crippen LogP contribution in [0.3, 0.4) is 0 Å². The van der Waals surface area contributed by atoms with E-state index in [-0.39, 0.29) is 11.9 Å². The second-order valence-electron chi connectivity index (χ2n) is 6.79. The first-order chi connectivity index (χ1) is 12.6.